The fourth-order valence-electron chi connectivity index (χ4n) is 1.77. The number of nitrogens with zero attached hydrogens (tertiary/aromatic N) is 1. The number of hydrogen-bond donors (Lipinski definition) is 3. The third-order valence-electron chi connectivity index (χ3n) is 2.47. The van der Waals surface area contributed by atoms with Gasteiger partial charge in [0.05, 0.1) is 0 Å². The van der Waals surface area contributed by atoms with E-state index in [9.17, 15) is 4.79 Å². The van der Waals surface area contributed by atoms with Gasteiger partial charge in [-0.05, 0) is 32.0 Å². The van der Waals surface area contributed by atoms with E-state index in [1.54, 1.807) is 18.2 Å². The highest BCUT2D eigenvalue weighted by molar-refractivity contribution is 5.78. The summed E-state index contributed by atoms with van der Waals surface area (Å²) in [6, 6.07) is 5.57. The van der Waals surface area contributed by atoms with Crippen molar-refractivity contribution in [2.75, 3.05) is 11.1 Å². The number of nitrogen functional groups attached to an aromatic ring is 1. The van der Waals surface area contributed by atoms with Crippen LogP contribution in [0.2, 0.25) is 0 Å². The molecule has 6 heteroatoms. The minimum Gasteiger partial charge on any atom is -0.424 e. The maximum Gasteiger partial charge on any atom is 0.296 e. The Morgan fingerprint density at radius 2 is 2.22 bits per heavy atom. The molecule has 2 rings (SSSR count). The second-order valence-corrected chi connectivity index (χ2v) is 4.90. The van der Waals surface area contributed by atoms with Crippen molar-refractivity contribution < 1.29 is 9.21 Å². The van der Waals surface area contributed by atoms with Gasteiger partial charge < -0.3 is 21.2 Å². The zero-order valence-electron chi connectivity index (χ0n) is 10.4. The Morgan fingerprint density at radius 1 is 1.50 bits per heavy atom. The average Bonchev–Trinajstić information content (AvgIpc) is 2.55. The zero-order chi connectivity index (χ0) is 13.3. The van der Waals surface area contributed by atoms with Crippen LogP contribution in [0.25, 0.3) is 11.1 Å². The van der Waals surface area contributed by atoms with Gasteiger partial charge in [0.25, 0.3) is 6.01 Å². The molecular weight excluding hydrogens is 232 g/mol. The Balaban J connectivity index is 2.24. The Hall–Kier alpha value is -2.24. The molecule has 1 aromatic heterocycles. The van der Waals surface area contributed by atoms with Crippen LogP contribution in [-0.2, 0) is 4.79 Å². The SMILES string of the molecule is CC(C)(CC(N)=O)Nc1nc2cc(N)ccc2o1. The molecule has 0 spiro atoms. The lowest BCUT2D eigenvalue weighted by Gasteiger charge is -2.23. The van der Waals surface area contributed by atoms with Gasteiger partial charge in [0, 0.05) is 17.6 Å². The monoisotopic (exact) mass is 248 g/mol. The third-order valence-corrected chi connectivity index (χ3v) is 2.47. The molecule has 1 aromatic carbocycles. The van der Waals surface area contributed by atoms with E-state index in [-0.39, 0.29) is 12.3 Å². The molecule has 0 radical (unpaired) electrons. The molecule has 0 aliphatic carbocycles. The fourth-order valence-corrected chi connectivity index (χ4v) is 1.77. The summed E-state index contributed by atoms with van der Waals surface area (Å²) < 4.78 is 5.51. The molecule has 0 atom stereocenters. The quantitative estimate of drug-likeness (QED) is 0.710. The van der Waals surface area contributed by atoms with Gasteiger partial charge in [-0.25, -0.2) is 0 Å². The van der Waals surface area contributed by atoms with Crippen molar-refractivity contribution in [2.45, 2.75) is 25.8 Å². The molecule has 0 bridgehead atoms. The number of hydrogen-bond acceptors (Lipinski definition) is 5. The maximum absolute atomic E-state index is 10.9. The van der Waals surface area contributed by atoms with Gasteiger partial charge in [0.2, 0.25) is 5.91 Å². The zero-order valence-corrected chi connectivity index (χ0v) is 10.4. The summed E-state index contributed by atoms with van der Waals surface area (Å²) in [4.78, 5) is 15.2. The first-order valence-electron chi connectivity index (χ1n) is 5.58. The number of fused-ring (bicyclic) bond motifs is 1. The molecule has 0 fully saturated rings. The van der Waals surface area contributed by atoms with Gasteiger partial charge in [-0.2, -0.15) is 4.98 Å². The van der Waals surface area contributed by atoms with E-state index in [2.05, 4.69) is 10.3 Å². The Morgan fingerprint density at radius 3 is 2.89 bits per heavy atom. The third kappa shape index (κ3) is 2.71. The van der Waals surface area contributed by atoms with E-state index >= 15 is 0 Å². The number of primary amides is 1. The summed E-state index contributed by atoms with van der Waals surface area (Å²) in [5, 5.41) is 3.04. The number of nitrogens with one attached hydrogen (secondary N) is 1. The number of carbonyl (C=O) groups is 1. The van der Waals surface area contributed by atoms with Crippen LogP contribution in [0.4, 0.5) is 11.7 Å². The highest BCUT2D eigenvalue weighted by Crippen LogP contribution is 2.24. The van der Waals surface area contributed by atoms with E-state index in [1.165, 1.54) is 0 Å². The van der Waals surface area contributed by atoms with Crippen LogP contribution in [0.1, 0.15) is 20.3 Å². The minimum atomic E-state index is -0.516. The van der Waals surface area contributed by atoms with Crippen molar-refractivity contribution in [3.05, 3.63) is 18.2 Å². The lowest BCUT2D eigenvalue weighted by atomic mass is 10.0. The first kappa shape index (κ1) is 12.2. The van der Waals surface area contributed by atoms with Crippen molar-refractivity contribution in [1.29, 1.82) is 0 Å². The number of aromatic nitrogens is 1. The first-order chi connectivity index (χ1) is 8.35. The summed E-state index contributed by atoms with van der Waals surface area (Å²) >= 11 is 0. The summed E-state index contributed by atoms with van der Waals surface area (Å²) in [7, 11) is 0. The van der Waals surface area contributed by atoms with Crippen molar-refractivity contribution in [1.82, 2.24) is 4.98 Å². The van der Waals surface area contributed by atoms with Crippen LogP contribution in [0.3, 0.4) is 0 Å². The number of amides is 1. The predicted molar refractivity (Wildman–Crippen MR) is 69.9 cm³/mol. The number of rotatable bonds is 4. The summed E-state index contributed by atoms with van der Waals surface area (Å²) in [6.07, 6.45) is 0.188. The lowest BCUT2D eigenvalue weighted by molar-refractivity contribution is -0.118. The molecule has 2 aromatic rings. The molecule has 0 saturated carbocycles. The van der Waals surface area contributed by atoms with Crippen molar-refractivity contribution >= 4 is 28.7 Å². The smallest absolute Gasteiger partial charge is 0.296 e. The molecule has 5 N–H and O–H groups in total. The molecule has 18 heavy (non-hydrogen) atoms. The first-order valence-corrected chi connectivity index (χ1v) is 5.58. The maximum atomic E-state index is 10.9. The highest BCUT2D eigenvalue weighted by atomic mass is 16.4. The molecule has 0 unspecified atom stereocenters. The number of benzene rings is 1. The molecule has 1 amide bonds. The summed E-state index contributed by atoms with van der Waals surface area (Å²) in [6.45, 7) is 3.70. The standard InChI is InChI=1S/C12H16N4O2/c1-12(2,6-10(14)17)16-11-15-8-5-7(13)3-4-9(8)18-11/h3-5H,6,13H2,1-2H3,(H2,14,17)(H,15,16). The highest BCUT2D eigenvalue weighted by Gasteiger charge is 2.22. The van der Waals surface area contributed by atoms with Crippen molar-refractivity contribution in [2.24, 2.45) is 5.73 Å². The van der Waals surface area contributed by atoms with Gasteiger partial charge >= 0.3 is 0 Å². The van der Waals surface area contributed by atoms with Crippen LogP contribution >= 0.6 is 0 Å². The lowest BCUT2D eigenvalue weighted by Crippen LogP contribution is -2.36. The number of anilines is 2. The predicted octanol–water partition coefficient (Wildman–Crippen LogP) is 1.48. The second-order valence-electron chi connectivity index (χ2n) is 4.90. The molecule has 0 aliphatic rings. The summed E-state index contributed by atoms with van der Waals surface area (Å²) in [5.41, 5.74) is 12.3. The molecule has 0 aliphatic heterocycles. The Labute approximate surface area is 104 Å². The largest absolute Gasteiger partial charge is 0.424 e. The molecule has 0 saturated heterocycles. The molecule has 1 heterocycles. The van der Waals surface area contributed by atoms with Crippen molar-refractivity contribution in [3.63, 3.8) is 0 Å². The summed E-state index contributed by atoms with van der Waals surface area (Å²) in [5.74, 6) is -0.382. The molecule has 96 valence electrons. The Bertz CT molecular complexity index is 589. The molecular formula is C12H16N4O2. The Kier molecular flexibility index (Phi) is 2.86. The van der Waals surface area contributed by atoms with E-state index in [4.69, 9.17) is 15.9 Å². The molecule has 6 nitrogen and oxygen atoms in total. The van der Waals surface area contributed by atoms with Crippen LogP contribution in [0, 0.1) is 0 Å². The van der Waals surface area contributed by atoms with Gasteiger partial charge in [-0.15, -0.1) is 0 Å². The topological polar surface area (TPSA) is 107 Å². The van der Waals surface area contributed by atoms with Gasteiger partial charge in [-0.1, -0.05) is 0 Å². The number of nitrogens with two attached hydrogens (primary N) is 2. The number of oxazole rings is 1. The number of carbonyl (C=O) groups excluding carboxylic acids is 1. The normalized spacial score (nSPS) is 11.7. The van der Waals surface area contributed by atoms with E-state index in [1.807, 2.05) is 13.8 Å². The van der Waals surface area contributed by atoms with E-state index in [0.717, 1.165) is 0 Å². The second kappa shape index (κ2) is 4.21. The van der Waals surface area contributed by atoms with Gasteiger partial charge in [0.15, 0.2) is 5.58 Å². The van der Waals surface area contributed by atoms with Crippen LogP contribution in [0.15, 0.2) is 22.6 Å². The van der Waals surface area contributed by atoms with Crippen LogP contribution in [-0.4, -0.2) is 16.4 Å². The van der Waals surface area contributed by atoms with Gasteiger partial charge in [0.1, 0.15) is 5.52 Å². The van der Waals surface area contributed by atoms with E-state index in [0.29, 0.717) is 22.8 Å². The van der Waals surface area contributed by atoms with Gasteiger partial charge in [-0.3, -0.25) is 4.79 Å². The van der Waals surface area contributed by atoms with E-state index < -0.39 is 5.54 Å². The van der Waals surface area contributed by atoms with Crippen LogP contribution in [0.5, 0.6) is 0 Å². The average molecular weight is 248 g/mol. The van der Waals surface area contributed by atoms with Crippen LogP contribution < -0.4 is 16.8 Å². The fraction of sp³-hybridized carbons (Fsp3) is 0.333. The van der Waals surface area contributed by atoms with Crippen molar-refractivity contribution in [3.8, 4) is 0 Å². The minimum absolute atomic E-state index is 0.188.